The molecule has 0 fully saturated rings. The molecule has 0 aliphatic heterocycles. The summed E-state index contributed by atoms with van der Waals surface area (Å²) in [5.41, 5.74) is 1.23. The molecule has 0 radical (unpaired) electrons. The molecule has 0 atom stereocenters. The highest BCUT2D eigenvalue weighted by atomic mass is 16.5. The number of para-hydroxylation sites is 1. The number of nitrogens with zero attached hydrogens (tertiary/aromatic N) is 1. The van der Waals surface area contributed by atoms with Crippen LogP contribution in [0.4, 0.5) is 5.69 Å². The summed E-state index contributed by atoms with van der Waals surface area (Å²) in [6, 6.07) is 17.9. The summed E-state index contributed by atoms with van der Waals surface area (Å²) >= 11 is 0. The molecule has 0 bridgehead atoms. The van der Waals surface area contributed by atoms with Gasteiger partial charge in [-0.05, 0) is 31.2 Å². The maximum absolute atomic E-state index is 12.2. The maximum atomic E-state index is 12.2. The fourth-order valence-corrected chi connectivity index (χ4v) is 1.97. The number of anilines is 1. The number of amides is 1. The van der Waals surface area contributed by atoms with Gasteiger partial charge in [0, 0.05) is 12.2 Å². The van der Waals surface area contributed by atoms with Crippen LogP contribution in [0, 0.1) is 0 Å². The van der Waals surface area contributed by atoms with Crippen LogP contribution >= 0.6 is 0 Å². The number of ether oxygens (including phenoxy) is 1. The van der Waals surface area contributed by atoms with Crippen LogP contribution in [0.5, 0.6) is 0 Å². The fourth-order valence-electron chi connectivity index (χ4n) is 1.97. The second kappa shape index (κ2) is 7.24. The first-order valence-corrected chi connectivity index (χ1v) is 6.80. The summed E-state index contributed by atoms with van der Waals surface area (Å²) in [6.07, 6.45) is 0. The molecule has 2 aromatic rings. The number of carbonyl (C=O) groups excluding carboxylic acids is 2. The minimum Gasteiger partial charge on any atom is -0.452 e. The van der Waals surface area contributed by atoms with Crippen LogP contribution in [0.3, 0.4) is 0 Å². The molecule has 4 heteroatoms. The van der Waals surface area contributed by atoms with Gasteiger partial charge in [0.25, 0.3) is 5.91 Å². The first kappa shape index (κ1) is 14.8. The van der Waals surface area contributed by atoms with Crippen molar-refractivity contribution >= 4 is 17.6 Å². The van der Waals surface area contributed by atoms with Gasteiger partial charge >= 0.3 is 5.97 Å². The molecule has 1 amide bonds. The summed E-state index contributed by atoms with van der Waals surface area (Å²) in [4.78, 5) is 25.5. The van der Waals surface area contributed by atoms with Crippen LogP contribution in [0.15, 0.2) is 60.7 Å². The lowest BCUT2D eigenvalue weighted by Gasteiger charge is -2.20. The van der Waals surface area contributed by atoms with E-state index in [0.29, 0.717) is 12.1 Å². The molecule has 4 nitrogen and oxygen atoms in total. The Morgan fingerprint density at radius 1 is 0.952 bits per heavy atom. The highest BCUT2D eigenvalue weighted by Gasteiger charge is 2.16. The number of hydrogen-bond acceptors (Lipinski definition) is 3. The molecule has 2 aromatic carbocycles. The molecule has 2 rings (SSSR count). The van der Waals surface area contributed by atoms with Gasteiger partial charge < -0.3 is 9.64 Å². The van der Waals surface area contributed by atoms with Gasteiger partial charge in [0.2, 0.25) is 0 Å². The van der Waals surface area contributed by atoms with Crippen molar-refractivity contribution < 1.29 is 14.3 Å². The SMILES string of the molecule is CCN(C(=O)COC(=O)c1ccccc1)c1ccccc1. The molecule has 108 valence electrons. The van der Waals surface area contributed by atoms with Gasteiger partial charge in [0.15, 0.2) is 6.61 Å². The highest BCUT2D eigenvalue weighted by molar-refractivity contribution is 5.97. The zero-order valence-corrected chi connectivity index (χ0v) is 11.9. The Labute approximate surface area is 124 Å². The van der Waals surface area contributed by atoms with E-state index in [0.717, 1.165) is 5.69 Å². The molecule has 0 unspecified atom stereocenters. The smallest absolute Gasteiger partial charge is 0.338 e. The monoisotopic (exact) mass is 283 g/mol. The number of rotatable bonds is 5. The Bertz CT molecular complexity index is 596. The first-order valence-electron chi connectivity index (χ1n) is 6.80. The maximum Gasteiger partial charge on any atom is 0.338 e. The number of carbonyl (C=O) groups is 2. The third-order valence-corrected chi connectivity index (χ3v) is 3.02. The standard InChI is InChI=1S/C17H17NO3/c1-2-18(15-11-7-4-8-12-15)16(19)13-21-17(20)14-9-5-3-6-10-14/h3-12H,2,13H2,1H3. The van der Waals surface area contributed by atoms with Crippen LogP contribution in [0.2, 0.25) is 0 Å². The van der Waals surface area contributed by atoms with E-state index in [4.69, 9.17) is 4.74 Å². The van der Waals surface area contributed by atoms with Crippen molar-refractivity contribution in [1.82, 2.24) is 0 Å². The van der Waals surface area contributed by atoms with Crippen molar-refractivity contribution in [2.75, 3.05) is 18.1 Å². The minimum absolute atomic E-state index is 0.243. The lowest BCUT2D eigenvalue weighted by atomic mass is 10.2. The molecular weight excluding hydrogens is 266 g/mol. The van der Waals surface area contributed by atoms with Crippen LogP contribution in [-0.2, 0) is 9.53 Å². The molecule has 21 heavy (non-hydrogen) atoms. The van der Waals surface area contributed by atoms with Crippen LogP contribution in [0.25, 0.3) is 0 Å². The number of benzene rings is 2. The van der Waals surface area contributed by atoms with Crippen molar-refractivity contribution in [3.8, 4) is 0 Å². The van der Waals surface area contributed by atoms with Gasteiger partial charge in [-0.1, -0.05) is 36.4 Å². The predicted octanol–water partition coefficient (Wildman–Crippen LogP) is 2.90. The normalized spacial score (nSPS) is 9.95. The summed E-state index contributed by atoms with van der Waals surface area (Å²) < 4.78 is 5.06. The van der Waals surface area contributed by atoms with E-state index in [-0.39, 0.29) is 12.5 Å². The predicted molar refractivity (Wildman–Crippen MR) is 81.2 cm³/mol. The topological polar surface area (TPSA) is 46.6 Å². The molecule has 0 spiro atoms. The van der Waals surface area contributed by atoms with Crippen molar-refractivity contribution in [3.63, 3.8) is 0 Å². The van der Waals surface area contributed by atoms with E-state index in [1.165, 1.54) is 0 Å². The van der Waals surface area contributed by atoms with Crippen molar-refractivity contribution in [1.29, 1.82) is 0 Å². The lowest BCUT2D eigenvalue weighted by molar-refractivity contribution is -0.121. The molecule has 0 saturated heterocycles. The van der Waals surface area contributed by atoms with E-state index in [1.807, 2.05) is 43.3 Å². The van der Waals surface area contributed by atoms with Crippen molar-refractivity contribution in [2.45, 2.75) is 6.92 Å². The number of hydrogen-bond donors (Lipinski definition) is 0. The van der Waals surface area contributed by atoms with Crippen molar-refractivity contribution in [2.24, 2.45) is 0 Å². The lowest BCUT2D eigenvalue weighted by Crippen LogP contribution is -2.34. The molecule has 0 aliphatic carbocycles. The number of likely N-dealkylation sites (N-methyl/N-ethyl adjacent to an activating group) is 1. The summed E-state index contributed by atoms with van der Waals surface area (Å²) in [6.45, 7) is 2.13. The largest absolute Gasteiger partial charge is 0.452 e. The zero-order valence-electron chi connectivity index (χ0n) is 11.9. The van der Waals surface area contributed by atoms with Gasteiger partial charge in [-0.3, -0.25) is 4.79 Å². The summed E-state index contributed by atoms with van der Waals surface area (Å²) in [5.74, 6) is -0.735. The summed E-state index contributed by atoms with van der Waals surface area (Å²) in [7, 11) is 0. The van der Waals surface area contributed by atoms with Crippen LogP contribution in [-0.4, -0.2) is 25.0 Å². The van der Waals surface area contributed by atoms with Gasteiger partial charge in [0.1, 0.15) is 0 Å². The van der Waals surface area contributed by atoms with E-state index >= 15 is 0 Å². The quantitative estimate of drug-likeness (QED) is 0.793. The van der Waals surface area contributed by atoms with E-state index < -0.39 is 5.97 Å². The van der Waals surface area contributed by atoms with Crippen LogP contribution in [0.1, 0.15) is 17.3 Å². The molecule has 0 heterocycles. The highest BCUT2D eigenvalue weighted by Crippen LogP contribution is 2.13. The molecule has 0 aliphatic rings. The minimum atomic E-state index is -0.493. The Morgan fingerprint density at radius 3 is 2.10 bits per heavy atom. The Hall–Kier alpha value is -2.62. The van der Waals surface area contributed by atoms with Gasteiger partial charge in [0.05, 0.1) is 5.56 Å². The van der Waals surface area contributed by atoms with Crippen LogP contribution < -0.4 is 4.90 Å². The molecule has 0 aromatic heterocycles. The molecule has 0 saturated carbocycles. The second-order valence-corrected chi connectivity index (χ2v) is 4.42. The first-order chi connectivity index (χ1) is 10.2. The van der Waals surface area contributed by atoms with E-state index in [1.54, 1.807) is 29.2 Å². The third kappa shape index (κ3) is 3.92. The Kier molecular flexibility index (Phi) is 5.10. The average molecular weight is 283 g/mol. The van der Waals surface area contributed by atoms with E-state index in [9.17, 15) is 9.59 Å². The van der Waals surface area contributed by atoms with Gasteiger partial charge in [-0.25, -0.2) is 4.79 Å². The summed E-state index contributed by atoms with van der Waals surface area (Å²) in [5, 5.41) is 0. The molecular formula is C17H17NO3. The number of esters is 1. The second-order valence-electron chi connectivity index (χ2n) is 4.42. The van der Waals surface area contributed by atoms with Gasteiger partial charge in [-0.2, -0.15) is 0 Å². The third-order valence-electron chi connectivity index (χ3n) is 3.02. The Morgan fingerprint density at radius 2 is 1.52 bits per heavy atom. The molecule has 0 N–H and O–H groups in total. The van der Waals surface area contributed by atoms with E-state index in [2.05, 4.69) is 0 Å². The average Bonchev–Trinajstić information content (AvgIpc) is 2.55. The Balaban J connectivity index is 1.96. The van der Waals surface area contributed by atoms with Crippen molar-refractivity contribution in [3.05, 3.63) is 66.2 Å². The zero-order chi connectivity index (χ0) is 15.1. The fraction of sp³-hybridized carbons (Fsp3) is 0.176. The van der Waals surface area contributed by atoms with Gasteiger partial charge in [-0.15, -0.1) is 0 Å².